The lowest BCUT2D eigenvalue weighted by Crippen LogP contribution is -2.29. The number of nitrogens with one attached hydrogen (secondary N) is 1. The number of halogens is 4. The van der Waals surface area contributed by atoms with Crippen molar-refractivity contribution in [1.29, 1.82) is 5.26 Å². The molecule has 0 saturated carbocycles. The van der Waals surface area contributed by atoms with E-state index in [1.165, 1.54) is 29.5 Å². The lowest BCUT2D eigenvalue weighted by atomic mass is 9.91. The molecule has 2 heterocycles. The fourth-order valence-corrected chi connectivity index (χ4v) is 4.31. The molecular weight excluding hydrogens is 432 g/mol. The number of fused-ring (bicyclic) bond motifs is 1. The van der Waals surface area contributed by atoms with Crippen LogP contribution >= 0.6 is 11.3 Å². The Morgan fingerprint density at radius 3 is 2.74 bits per heavy atom. The Labute approximate surface area is 178 Å². The maximum atomic E-state index is 13.5. The van der Waals surface area contributed by atoms with Crippen LogP contribution in [0, 0.1) is 23.1 Å². The monoisotopic (exact) mass is 446 g/mol. The molecule has 0 aliphatic carbocycles. The molecule has 0 radical (unpaired) electrons. The summed E-state index contributed by atoms with van der Waals surface area (Å²) >= 11 is 1.35. The van der Waals surface area contributed by atoms with Gasteiger partial charge in [-0.05, 0) is 54.3 Å². The number of Topliss-reactive ketones (excluding diaryl/α,β-unsaturated/α-hetero) is 1. The van der Waals surface area contributed by atoms with Gasteiger partial charge in [0.05, 0.1) is 41.0 Å². The van der Waals surface area contributed by atoms with E-state index in [2.05, 4.69) is 5.32 Å². The normalized spacial score (nSPS) is 15.7. The molecule has 1 aromatic heterocycles. The molecule has 1 N–H and O–H groups in total. The Kier molecular flexibility index (Phi) is 5.41. The first-order chi connectivity index (χ1) is 14.8. The average molecular weight is 446 g/mol. The summed E-state index contributed by atoms with van der Waals surface area (Å²) in [5, 5.41) is 13.6. The molecule has 4 rings (SSSR count). The van der Waals surface area contributed by atoms with Crippen LogP contribution in [0.15, 0.2) is 47.8 Å². The number of nitrogens with zero attached hydrogens (tertiary/aromatic N) is 1. The van der Waals surface area contributed by atoms with Crippen LogP contribution in [0.2, 0.25) is 0 Å². The van der Waals surface area contributed by atoms with Gasteiger partial charge in [0.2, 0.25) is 0 Å². The van der Waals surface area contributed by atoms with Gasteiger partial charge in [0.25, 0.3) is 0 Å². The van der Waals surface area contributed by atoms with E-state index in [1.54, 1.807) is 17.5 Å². The van der Waals surface area contributed by atoms with E-state index < -0.39 is 29.0 Å². The van der Waals surface area contributed by atoms with Gasteiger partial charge in [-0.3, -0.25) is 4.79 Å². The van der Waals surface area contributed by atoms with E-state index in [4.69, 9.17) is 10.00 Å². The molecule has 3 aromatic rings. The van der Waals surface area contributed by atoms with Crippen LogP contribution in [-0.4, -0.2) is 12.4 Å². The zero-order valence-electron chi connectivity index (χ0n) is 15.8. The standard InChI is InChI=1S/C22H14F4N2O2S/c23-14-2-4-19-16(8-14)21(29)13(11-30-19)7-20-18(5-6-31-20)28-15-3-1-12(10-27)17(9-15)22(24,25)26/h1-6,8-9,13,28H,7,11H2. The Hall–Kier alpha value is -3.38. The summed E-state index contributed by atoms with van der Waals surface area (Å²) in [4.78, 5) is 13.5. The van der Waals surface area contributed by atoms with Gasteiger partial charge in [-0.2, -0.15) is 18.4 Å². The number of benzene rings is 2. The highest BCUT2D eigenvalue weighted by Crippen LogP contribution is 2.36. The fraction of sp³-hybridized carbons (Fsp3) is 0.182. The van der Waals surface area contributed by atoms with Gasteiger partial charge in [-0.15, -0.1) is 11.3 Å². The molecule has 0 spiro atoms. The zero-order valence-corrected chi connectivity index (χ0v) is 16.6. The number of hydrogen-bond donors (Lipinski definition) is 1. The Morgan fingerprint density at radius 1 is 1.19 bits per heavy atom. The first-order valence-electron chi connectivity index (χ1n) is 9.17. The van der Waals surface area contributed by atoms with E-state index in [0.29, 0.717) is 11.4 Å². The third-order valence-electron chi connectivity index (χ3n) is 4.92. The third kappa shape index (κ3) is 4.25. The van der Waals surface area contributed by atoms with E-state index in [-0.39, 0.29) is 30.1 Å². The molecule has 1 atom stereocenters. The van der Waals surface area contributed by atoms with Crippen molar-refractivity contribution >= 4 is 28.5 Å². The molecule has 9 heteroatoms. The number of ketones is 1. The first kappa shape index (κ1) is 20.9. The number of hydrogen-bond acceptors (Lipinski definition) is 5. The van der Waals surface area contributed by atoms with Crippen LogP contribution in [0.3, 0.4) is 0 Å². The number of anilines is 2. The molecule has 1 aliphatic rings. The van der Waals surface area contributed by atoms with Gasteiger partial charge in [-0.25, -0.2) is 4.39 Å². The van der Waals surface area contributed by atoms with E-state index in [9.17, 15) is 22.4 Å². The second-order valence-electron chi connectivity index (χ2n) is 6.97. The molecule has 0 fully saturated rings. The van der Waals surface area contributed by atoms with Crippen LogP contribution < -0.4 is 10.1 Å². The van der Waals surface area contributed by atoms with Crippen LogP contribution in [0.4, 0.5) is 28.9 Å². The Bertz CT molecular complexity index is 1200. The summed E-state index contributed by atoms with van der Waals surface area (Å²) < 4.78 is 58.8. The summed E-state index contributed by atoms with van der Waals surface area (Å²) in [5.74, 6) is -0.974. The quantitative estimate of drug-likeness (QED) is 0.503. The molecule has 158 valence electrons. The van der Waals surface area contributed by atoms with E-state index in [1.807, 2.05) is 0 Å². The Balaban J connectivity index is 1.56. The average Bonchev–Trinajstić information content (AvgIpc) is 3.16. The van der Waals surface area contributed by atoms with Crippen molar-refractivity contribution in [2.24, 2.45) is 5.92 Å². The summed E-state index contributed by atoms with van der Waals surface area (Å²) in [5.41, 5.74) is -0.569. The number of ether oxygens (including phenoxy) is 1. The summed E-state index contributed by atoms with van der Waals surface area (Å²) in [6.45, 7) is 0.129. The number of carbonyl (C=O) groups excluding carboxylic acids is 1. The first-order valence-corrected chi connectivity index (χ1v) is 10.1. The molecule has 1 unspecified atom stereocenters. The van der Waals surface area contributed by atoms with Gasteiger partial charge in [0.15, 0.2) is 5.78 Å². The van der Waals surface area contributed by atoms with Crippen molar-refractivity contribution in [2.75, 3.05) is 11.9 Å². The molecule has 4 nitrogen and oxygen atoms in total. The van der Waals surface area contributed by atoms with Crippen LogP contribution in [-0.2, 0) is 12.6 Å². The maximum Gasteiger partial charge on any atom is 0.417 e. The second kappa shape index (κ2) is 8.04. The summed E-state index contributed by atoms with van der Waals surface area (Å²) in [6, 6.07) is 10.4. The largest absolute Gasteiger partial charge is 0.492 e. The summed E-state index contributed by atoms with van der Waals surface area (Å²) in [7, 11) is 0. The maximum absolute atomic E-state index is 13.5. The van der Waals surface area contributed by atoms with Crippen LogP contribution in [0.25, 0.3) is 0 Å². The number of carbonyl (C=O) groups is 1. The lowest BCUT2D eigenvalue weighted by molar-refractivity contribution is -0.137. The van der Waals surface area contributed by atoms with Crippen LogP contribution in [0.1, 0.15) is 26.4 Å². The second-order valence-corrected chi connectivity index (χ2v) is 7.97. The molecule has 31 heavy (non-hydrogen) atoms. The topological polar surface area (TPSA) is 62.1 Å². The molecule has 1 aliphatic heterocycles. The fourth-order valence-electron chi connectivity index (χ4n) is 3.40. The van der Waals surface area contributed by atoms with Crippen molar-refractivity contribution in [3.05, 3.63) is 75.2 Å². The van der Waals surface area contributed by atoms with E-state index in [0.717, 1.165) is 23.1 Å². The highest BCUT2D eigenvalue weighted by molar-refractivity contribution is 7.10. The highest BCUT2D eigenvalue weighted by Gasteiger charge is 2.34. The van der Waals surface area contributed by atoms with Gasteiger partial charge in [0, 0.05) is 10.6 Å². The Morgan fingerprint density at radius 2 is 2.00 bits per heavy atom. The minimum atomic E-state index is -4.66. The molecule has 0 bridgehead atoms. The SMILES string of the molecule is N#Cc1ccc(Nc2ccsc2CC2COc3ccc(F)cc3C2=O)cc1C(F)(F)F. The van der Waals surface area contributed by atoms with Crippen molar-refractivity contribution < 1.29 is 27.1 Å². The van der Waals surface area contributed by atoms with Gasteiger partial charge < -0.3 is 10.1 Å². The molecule has 2 aromatic carbocycles. The summed E-state index contributed by atoms with van der Waals surface area (Å²) in [6.07, 6.45) is -4.37. The highest BCUT2D eigenvalue weighted by atomic mass is 32.1. The van der Waals surface area contributed by atoms with Crippen LogP contribution in [0.5, 0.6) is 5.75 Å². The number of thiophene rings is 1. The predicted octanol–water partition coefficient (Wildman–Crippen LogP) is 5.96. The van der Waals surface area contributed by atoms with Gasteiger partial charge >= 0.3 is 6.18 Å². The molecule has 0 saturated heterocycles. The zero-order chi connectivity index (χ0) is 22.2. The molecule has 0 amide bonds. The number of alkyl halides is 3. The van der Waals surface area contributed by atoms with Crippen molar-refractivity contribution in [2.45, 2.75) is 12.6 Å². The predicted molar refractivity (Wildman–Crippen MR) is 107 cm³/mol. The molecular formula is C22H14F4N2O2S. The van der Waals surface area contributed by atoms with Crippen molar-refractivity contribution in [3.8, 4) is 11.8 Å². The van der Waals surface area contributed by atoms with Crippen molar-refractivity contribution in [3.63, 3.8) is 0 Å². The lowest BCUT2D eigenvalue weighted by Gasteiger charge is -2.24. The van der Waals surface area contributed by atoms with Gasteiger partial charge in [-0.1, -0.05) is 0 Å². The van der Waals surface area contributed by atoms with E-state index >= 15 is 0 Å². The minimum absolute atomic E-state index is 0.129. The van der Waals surface area contributed by atoms with Crippen molar-refractivity contribution in [1.82, 2.24) is 0 Å². The third-order valence-corrected chi connectivity index (χ3v) is 5.86. The number of rotatable bonds is 4. The smallest absolute Gasteiger partial charge is 0.417 e. The number of nitriles is 1. The van der Waals surface area contributed by atoms with Gasteiger partial charge in [0.1, 0.15) is 11.6 Å². The minimum Gasteiger partial charge on any atom is -0.492 e.